The number of nitrogens with two attached hydrogens (primary N) is 2. The maximum atomic E-state index is 12.0. The Labute approximate surface area is 184 Å². The number of aromatic amines is 1. The lowest BCUT2D eigenvalue weighted by molar-refractivity contribution is 0.0985. The summed E-state index contributed by atoms with van der Waals surface area (Å²) in [5.74, 6) is 1.58. The van der Waals surface area contributed by atoms with Crippen molar-refractivity contribution in [1.82, 2.24) is 25.0 Å². The van der Waals surface area contributed by atoms with E-state index >= 15 is 0 Å². The Morgan fingerprint density at radius 1 is 1.25 bits per heavy atom. The van der Waals surface area contributed by atoms with Crippen molar-refractivity contribution < 1.29 is 13.2 Å². The Bertz CT molecular complexity index is 1400. The van der Waals surface area contributed by atoms with Gasteiger partial charge >= 0.3 is 0 Å². The molecule has 32 heavy (non-hydrogen) atoms. The standard InChI is InChI=1S/C20H22N8O3S/c1-12-11-31-8-7-27(12)17-10-15(13-3-2-4-14(9-13)32(22,29)30)18-19(21)26-28(20(18)24-17)16-5-6-23-25-16/h2-6,9-10,12H,7-8,11H2,1H3,(H2,21,26)(H,23,25)(H2,22,29,30). The van der Waals surface area contributed by atoms with Crippen LogP contribution in [0.1, 0.15) is 6.92 Å². The number of hydrogen-bond donors (Lipinski definition) is 3. The van der Waals surface area contributed by atoms with Crippen LogP contribution in [0.15, 0.2) is 47.5 Å². The number of aromatic nitrogens is 5. The van der Waals surface area contributed by atoms with E-state index in [0.29, 0.717) is 53.6 Å². The molecular formula is C20H22N8O3S. The predicted molar refractivity (Wildman–Crippen MR) is 120 cm³/mol. The molecule has 11 nitrogen and oxygen atoms in total. The summed E-state index contributed by atoms with van der Waals surface area (Å²) in [6.07, 6.45) is 1.61. The molecule has 1 aromatic carbocycles. The largest absolute Gasteiger partial charge is 0.382 e. The van der Waals surface area contributed by atoms with Gasteiger partial charge in [-0.1, -0.05) is 12.1 Å². The molecule has 1 unspecified atom stereocenters. The minimum absolute atomic E-state index is 0.0146. The number of morpholine rings is 1. The van der Waals surface area contributed by atoms with Gasteiger partial charge in [-0.3, -0.25) is 5.10 Å². The van der Waals surface area contributed by atoms with E-state index in [0.717, 1.165) is 0 Å². The van der Waals surface area contributed by atoms with Gasteiger partial charge in [0.25, 0.3) is 0 Å². The number of pyridine rings is 1. The molecule has 3 aromatic heterocycles. The van der Waals surface area contributed by atoms with E-state index in [-0.39, 0.29) is 16.8 Å². The lowest BCUT2D eigenvalue weighted by atomic mass is 10.0. The number of rotatable bonds is 4. The summed E-state index contributed by atoms with van der Waals surface area (Å²) in [5.41, 5.74) is 8.19. The lowest BCUT2D eigenvalue weighted by Gasteiger charge is -2.34. The van der Waals surface area contributed by atoms with Gasteiger partial charge in [-0.15, -0.1) is 5.10 Å². The summed E-state index contributed by atoms with van der Waals surface area (Å²) < 4.78 is 31.1. The van der Waals surface area contributed by atoms with Crippen LogP contribution in [0.4, 0.5) is 11.6 Å². The van der Waals surface area contributed by atoms with Gasteiger partial charge in [0.1, 0.15) is 5.82 Å². The molecule has 1 atom stereocenters. The fraction of sp³-hybridized carbons (Fsp3) is 0.250. The smallest absolute Gasteiger partial charge is 0.238 e. The Hall–Kier alpha value is -3.48. The molecule has 0 spiro atoms. The van der Waals surface area contributed by atoms with Gasteiger partial charge in [0.05, 0.1) is 35.7 Å². The molecule has 0 saturated carbocycles. The summed E-state index contributed by atoms with van der Waals surface area (Å²) in [4.78, 5) is 7.05. The zero-order valence-electron chi connectivity index (χ0n) is 17.3. The summed E-state index contributed by atoms with van der Waals surface area (Å²) in [7, 11) is -3.87. The number of nitrogens with one attached hydrogen (secondary N) is 1. The second-order valence-corrected chi connectivity index (χ2v) is 9.22. The Balaban J connectivity index is 1.80. The van der Waals surface area contributed by atoms with E-state index in [1.54, 1.807) is 23.0 Å². The van der Waals surface area contributed by atoms with E-state index in [1.165, 1.54) is 12.1 Å². The first-order valence-electron chi connectivity index (χ1n) is 9.99. The number of hydrogen-bond acceptors (Lipinski definition) is 8. The number of primary sulfonamides is 1. The molecule has 12 heteroatoms. The van der Waals surface area contributed by atoms with Crippen molar-refractivity contribution in [3.63, 3.8) is 0 Å². The number of fused-ring (bicyclic) bond motifs is 1. The summed E-state index contributed by atoms with van der Waals surface area (Å²) in [5, 5.41) is 17.3. The van der Waals surface area contributed by atoms with Crippen molar-refractivity contribution in [3.05, 3.63) is 42.6 Å². The van der Waals surface area contributed by atoms with Crippen LogP contribution in [0, 0.1) is 0 Å². The van der Waals surface area contributed by atoms with Gasteiger partial charge in [0, 0.05) is 18.2 Å². The number of ether oxygens (including phenoxy) is 1. The zero-order chi connectivity index (χ0) is 22.5. The first-order chi connectivity index (χ1) is 15.3. The Morgan fingerprint density at radius 2 is 2.09 bits per heavy atom. The number of nitrogen functional groups attached to an aromatic ring is 1. The summed E-state index contributed by atoms with van der Waals surface area (Å²) in [6, 6.07) is 10.2. The van der Waals surface area contributed by atoms with Gasteiger partial charge in [0.15, 0.2) is 17.3 Å². The molecule has 1 aliphatic rings. The molecule has 0 bridgehead atoms. The second-order valence-electron chi connectivity index (χ2n) is 7.66. The average molecular weight is 455 g/mol. The molecule has 1 aliphatic heterocycles. The molecule has 4 aromatic rings. The predicted octanol–water partition coefficient (Wildman–Crippen LogP) is 1.27. The average Bonchev–Trinajstić information content (AvgIpc) is 3.41. The van der Waals surface area contributed by atoms with Gasteiger partial charge in [-0.05, 0) is 30.7 Å². The minimum Gasteiger partial charge on any atom is -0.382 e. The van der Waals surface area contributed by atoms with Crippen LogP contribution in [0.2, 0.25) is 0 Å². The highest BCUT2D eigenvalue weighted by Crippen LogP contribution is 2.36. The van der Waals surface area contributed by atoms with E-state index in [1.807, 2.05) is 12.1 Å². The van der Waals surface area contributed by atoms with Gasteiger partial charge in [0.2, 0.25) is 10.0 Å². The Morgan fingerprint density at radius 3 is 2.81 bits per heavy atom. The van der Waals surface area contributed by atoms with Crippen molar-refractivity contribution >= 4 is 32.7 Å². The molecule has 5 rings (SSSR count). The van der Waals surface area contributed by atoms with Crippen LogP contribution in [-0.4, -0.2) is 59.2 Å². The first-order valence-corrected chi connectivity index (χ1v) is 11.5. The van der Waals surface area contributed by atoms with E-state index in [2.05, 4.69) is 27.1 Å². The SMILES string of the molecule is CC1COCCN1c1cc(-c2cccc(S(N)(=O)=O)c2)c2c(N)nn(-c3ccn[nH]3)c2n1. The molecule has 0 aliphatic carbocycles. The summed E-state index contributed by atoms with van der Waals surface area (Å²) >= 11 is 0. The molecular weight excluding hydrogens is 432 g/mol. The molecule has 1 saturated heterocycles. The Kier molecular flexibility index (Phi) is 4.84. The highest BCUT2D eigenvalue weighted by Gasteiger charge is 2.25. The maximum absolute atomic E-state index is 12.0. The number of anilines is 2. The van der Waals surface area contributed by atoms with Crippen molar-refractivity contribution in [1.29, 1.82) is 0 Å². The lowest BCUT2D eigenvalue weighted by Crippen LogP contribution is -2.44. The van der Waals surface area contributed by atoms with E-state index < -0.39 is 10.0 Å². The topological polar surface area (TPSA) is 158 Å². The van der Waals surface area contributed by atoms with Crippen LogP contribution in [0.3, 0.4) is 0 Å². The third kappa shape index (κ3) is 3.47. The van der Waals surface area contributed by atoms with Gasteiger partial charge < -0.3 is 15.4 Å². The van der Waals surface area contributed by atoms with Crippen molar-refractivity contribution in [2.24, 2.45) is 5.14 Å². The van der Waals surface area contributed by atoms with Crippen LogP contribution in [0.25, 0.3) is 28.0 Å². The van der Waals surface area contributed by atoms with Crippen LogP contribution < -0.4 is 15.8 Å². The zero-order valence-corrected chi connectivity index (χ0v) is 18.1. The first kappa shape index (κ1) is 20.4. The fourth-order valence-corrected chi connectivity index (χ4v) is 4.51. The number of sulfonamides is 1. The van der Waals surface area contributed by atoms with Gasteiger partial charge in [-0.25, -0.2) is 18.5 Å². The second kappa shape index (κ2) is 7.58. The normalized spacial score (nSPS) is 17.2. The number of benzene rings is 1. The fourth-order valence-electron chi connectivity index (χ4n) is 3.95. The minimum atomic E-state index is -3.87. The van der Waals surface area contributed by atoms with Crippen molar-refractivity contribution in [3.8, 4) is 16.9 Å². The quantitative estimate of drug-likeness (QED) is 0.416. The van der Waals surface area contributed by atoms with Crippen molar-refractivity contribution in [2.45, 2.75) is 17.9 Å². The molecule has 4 heterocycles. The molecule has 5 N–H and O–H groups in total. The van der Waals surface area contributed by atoms with Crippen LogP contribution >= 0.6 is 0 Å². The maximum Gasteiger partial charge on any atom is 0.238 e. The van der Waals surface area contributed by atoms with Crippen molar-refractivity contribution in [2.75, 3.05) is 30.4 Å². The molecule has 0 amide bonds. The van der Waals surface area contributed by atoms with Crippen LogP contribution in [-0.2, 0) is 14.8 Å². The molecule has 0 radical (unpaired) electrons. The third-order valence-electron chi connectivity index (χ3n) is 5.50. The van der Waals surface area contributed by atoms with Gasteiger partial charge in [-0.2, -0.15) is 9.78 Å². The highest BCUT2D eigenvalue weighted by atomic mass is 32.2. The molecule has 1 fully saturated rings. The highest BCUT2D eigenvalue weighted by molar-refractivity contribution is 7.89. The van der Waals surface area contributed by atoms with E-state index in [4.69, 9.17) is 20.6 Å². The number of H-pyrrole nitrogens is 1. The van der Waals surface area contributed by atoms with E-state index in [9.17, 15) is 8.42 Å². The third-order valence-corrected chi connectivity index (χ3v) is 6.41. The summed E-state index contributed by atoms with van der Waals surface area (Å²) in [6.45, 7) is 3.90. The number of nitrogens with zero attached hydrogens (tertiary/aromatic N) is 5. The molecule has 166 valence electrons. The monoisotopic (exact) mass is 454 g/mol. The van der Waals surface area contributed by atoms with Crippen LogP contribution in [0.5, 0.6) is 0 Å².